The number of rotatable bonds is 0. The molecule has 0 aliphatic heterocycles. The second-order valence-corrected chi connectivity index (χ2v) is 8.11. The van der Waals surface area contributed by atoms with Gasteiger partial charge in [-0.2, -0.15) is 0 Å². The van der Waals surface area contributed by atoms with Crippen LogP contribution in [0.5, 0.6) is 0 Å². The van der Waals surface area contributed by atoms with E-state index in [0.717, 1.165) is 18.9 Å². The molecule has 0 aliphatic carbocycles. The van der Waals surface area contributed by atoms with E-state index in [9.17, 15) is 4.79 Å². The van der Waals surface area contributed by atoms with E-state index in [2.05, 4.69) is 27.0 Å². The Morgan fingerprint density at radius 2 is 0.654 bits per heavy atom. The molecule has 0 saturated carbocycles. The molecule has 0 atom stereocenters. The zero-order valence-electron chi connectivity index (χ0n) is 17.5. The van der Waals surface area contributed by atoms with Crippen LogP contribution in [0.15, 0.2) is 0 Å². The number of hydrogen-bond acceptors (Lipinski definition) is 4. The van der Waals surface area contributed by atoms with Crippen molar-refractivity contribution in [1.29, 1.82) is 0 Å². The van der Waals surface area contributed by atoms with Crippen LogP contribution in [0, 0.1) is 0 Å². The summed E-state index contributed by atoms with van der Waals surface area (Å²) in [6.45, 7) is 17.8. The summed E-state index contributed by atoms with van der Waals surface area (Å²) in [6, 6.07) is 0. The van der Waals surface area contributed by atoms with Crippen LogP contribution in [0.3, 0.4) is 0 Å². The Kier molecular flexibility index (Phi) is 303. The minimum absolute atomic E-state index is 0. The van der Waals surface area contributed by atoms with Crippen molar-refractivity contribution in [1.82, 2.24) is 0 Å². The molecule has 0 heterocycles. The van der Waals surface area contributed by atoms with Gasteiger partial charge in [0.15, 0.2) is 0 Å². The van der Waals surface area contributed by atoms with Crippen LogP contribution in [0.2, 0.25) is 0 Å². The number of Topliss-reactive ketones (excluding diaryl/α,β-unsaturated/α-hetero) is 1. The molecule has 0 aromatic carbocycles. The third kappa shape index (κ3) is 105000. The summed E-state index contributed by atoms with van der Waals surface area (Å²) >= 11 is 4.64. The molecule has 26 heavy (non-hydrogen) atoms. The number of carbonyl (C=O) groups is 4. The van der Waals surface area contributed by atoms with Crippen molar-refractivity contribution in [2.45, 2.75) is 83.1 Å². The second kappa shape index (κ2) is 140. The Bertz CT molecular complexity index is 194. The molecule has 0 aromatic rings. The first-order chi connectivity index (χ1) is 11.6. The van der Waals surface area contributed by atoms with Gasteiger partial charge in [-0.1, -0.05) is 27.7 Å². The quantitative estimate of drug-likeness (QED) is 0.341. The first-order valence-electron chi connectivity index (χ1n) is 7.50. The van der Waals surface area contributed by atoms with Crippen molar-refractivity contribution >= 4 is 37.8 Å². The van der Waals surface area contributed by atoms with Gasteiger partial charge in [0.05, 0.1) is 0 Å². The third-order valence-electron chi connectivity index (χ3n) is 0. The van der Waals surface area contributed by atoms with E-state index in [1.54, 1.807) is 58.1 Å². The summed E-state index contributed by atoms with van der Waals surface area (Å²) in [6.07, 6.45) is 3.50. The summed E-state index contributed by atoms with van der Waals surface area (Å²) in [7, 11) is 0. The van der Waals surface area contributed by atoms with Crippen LogP contribution in [-0.2, 0) is 77.2 Å². The van der Waals surface area contributed by atoms with E-state index in [0.29, 0.717) is 0 Å². The van der Waals surface area contributed by atoms with E-state index in [-0.39, 0.29) is 13.2 Å². The maximum absolute atomic E-state index is 9.44. The molecule has 7 heteroatoms. The van der Waals surface area contributed by atoms with Crippen molar-refractivity contribution in [2.24, 2.45) is 0 Å². The van der Waals surface area contributed by atoms with E-state index < -0.39 is 0 Å². The Labute approximate surface area is 196 Å². The molecule has 0 bridgehead atoms. The fourth-order valence-electron chi connectivity index (χ4n) is 0. The molecule has 0 aliphatic rings. The Hall–Kier alpha value is 0.355. The van der Waals surface area contributed by atoms with Gasteiger partial charge in [-0.15, -0.1) is 0 Å². The molecule has 4 nitrogen and oxygen atoms in total. The number of carbonyl (C=O) groups excluding carboxylic acids is 4. The maximum atomic E-state index is 9.44. The fourth-order valence-corrected chi connectivity index (χ4v) is 0. The zero-order chi connectivity index (χ0) is 22.5. The van der Waals surface area contributed by atoms with Crippen LogP contribution in [0.25, 0.3) is 0 Å². The van der Waals surface area contributed by atoms with Crippen LogP contribution < -0.4 is 0 Å². The van der Waals surface area contributed by atoms with Gasteiger partial charge >= 0.3 is 92.0 Å². The average molecular weight is 886 g/mol. The Morgan fingerprint density at radius 3 is 0.654 bits per heavy atom. The van der Waals surface area contributed by atoms with Gasteiger partial charge in [-0.05, 0) is 34.6 Å². The predicted molar refractivity (Wildman–Crippen MR) is 109 cm³/mol. The molecule has 0 fully saturated rings. The molecule has 0 rings (SSSR count). The SMILES string of the molecule is C.CC(C)=O.CC=O.CC=O.CC=O.CCC.C[CH]=[W].C[CH]=[W].C[CH]=[W]. The van der Waals surface area contributed by atoms with E-state index in [4.69, 9.17) is 14.4 Å². The van der Waals surface area contributed by atoms with Crippen LogP contribution in [0.1, 0.15) is 83.1 Å². The summed E-state index contributed by atoms with van der Waals surface area (Å²) < 4.78 is 6.25. The van der Waals surface area contributed by atoms with Gasteiger partial charge in [0.25, 0.3) is 0 Å². The van der Waals surface area contributed by atoms with Gasteiger partial charge in [-0.3, -0.25) is 0 Å². The molecular formula is C19H42O4W3. The van der Waals surface area contributed by atoms with Crippen molar-refractivity contribution < 1.29 is 77.2 Å². The topological polar surface area (TPSA) is 68.3 Å². The number of hydrogen-bond donors (Lipinski definition) is 0. The fraction of sp³-hybridized carbons (Fsp3) is 0.632. The molecule has 0 saturated heterocycles. The molecular weight excluding hydrogens is 844 g/mol. The first kappa shape index (κ1) is 56.3. The predicted octanol–water partition coefficient (Wildman–Crippen LogP) is 4.33. The third-order valence-corrected chi connectivity index (χ3v) is 0. The minimum atomic E-state index is 0. The summed E-state index contributed by atoms with van der Waals surface area (Å²) in [5.41, 5.74) is 0. The van der Waals surface area contributed by atoms with Gasteiger partial charge in [0.2, 0.25) is 0 Å². The van der Waals surface area contributed by atoms with E-state index >= 15 is 0 Å². The normalized spacial score (nSPS) is 4.69. The molecule has 0 radical (unpaired) electrons. The monoisotopic (exact) mass is 886 g/mol. The number of aldehydes is 3. The van der Waals surface area contributed by atoms with Crippen molar-refractivity contribution in [3.63, 3.8) is 0 Å². The molecule has 0 aromatic heterocycles. The molecule has 0 N–H and O–H groups in total. The standard InChI is InChI=1S/C3H6O.C3H8.3C2H4O.3C2H4.CH4.3W/c1-3(2)4;1-3-2;3*1-2-3;3*1-2;;;;/h1-2H3;3H2,1-2H3;3*2H,1H3;3*1H,2H3;1H4;;;. The molecule has 160 valence electrons. The summed E-state index contributed by atoms with van der Waals surface area (Å²) in [5.74, 6) is 0.167. The second-order valence-electron chi connectivity index (χ2n) is 3.03. The first-order valence-corrected chi connectivity index (χ1v) is 12.6. The van der Waals surface area contributed by atoms with Crippen molar-refractivity contribution in [3.05, 3.63) is 0 Å². The number of ketones is 1. The van der Waals surface area contributed by atoms with Gasteiger partial charge in [-0.25, -0.2) is 0 Å². The van der Waals surface area contributed by atoms with Crippen molar-refractivity contribution in [2.75, 3.05) is 0 Å². The molecule has 0 amide bonds. The van der Waals surface area contributed by atoms with Gasteiger partial charge in [0, 0.05) is 0 Å². The van der Waals surface area contributed by atoms with Gasteiger partial charge in [0.1, 0.15) is 24.6 Å². The average Bonchev–Trinajstić information content (AvgIpc) is 2.43. The summed E-state index contributed by atoms with van der Waals surface area (Å²) in [5, 5.41) is 0. The van der Waals surface area contributed by atoms with Crippen molar-refractivity contribution in [3.8, 4) is 0 Å². The zero-order valence-corrected chi connectivity index (χ0v) is 26.3. The van der Waals surface area contributed by atoms with Crippen LogP contribution >= 0.6 is 0 Å². The van der Waals surface area contributed by atoms with E-state index in [1.165, 1.54) is 41.0 Å². The summed E-state index contributed by atoms with van der Waals surface area (Å²) in [4.78, 5) is 35.9. The molecule has 0 spiro atoms. The van der Waals surface area contributed by atoms with Crippen LogP contribution in [-0.4, -0.2) is 37.8 Å². The van der Waals surface area contributed by atoms with Gasteiger partial charge < -0.3 is 19.2 Å². The van der Waals surface area contributed by atoms with Crippen LogP contribution in [0.4, 0.5) is 0 Å². The Balaban J connectivity index is -0.0000000181. The molecule has 0 unspecified atom stereocenters. The Morgan fingerprint density at radius 1 is 0.654 bits per heavy atom. The van der Waals surface area contributed by atoms with E-state index in [1.807, 2.05) is 20.8 Å².